The number of nitrogens with zero attached hydrogens (tertiary/aromatic N) is 1. The van der Waals surface area contributed by atoms with Crippen LogP contribution in [-0.2, 0) is 9.59 Å². The largest absolute Gasteiger partial charge is 0.342 e. The molecule has 0 aliphatic carbocycles. The molecule has 1 fully saturated rings. The minimum Gasteiger partial charge on any atom is -0.342 e. The molecule has 0 aromatic rings. The highest BCUT2D eigenvalue weighted by Crippen LogP contribution is 2.28. The van der Waals surface area contributed by atoms with Crippen molar-refractivity contribution in [2.75, 3.05) is 6.54 Å². The standard InChI is InChI=1S/C15H28N2O2/c1-8-10-12(18)16-11(15(5,6)7)13(19)17(10)9-14(2,3)4/h10-11H,8-9H2,1-7H3,(H,16,18). The number of hydrogen-bond acceptors (Lipinski definition) is 2. The van der Waals surface area contributed by atoms with E-state index in [4.69, 9.17) is 0 Å². The number of nitrogens with one attached hydrogen (secondary N) is 1. The van der Waals surface area contributed by atoms with E-state index >= 15 is 0 Å². The normalized spacial score (nSPS) is 25.5. The molecule has 1 aliphatic rings. The van der Waals surface area contributed by atoms with Crippen LogP contribution in [0.4, 0.5) is 0 Å². The average molecular weight is 268 g/mol. The molecule has 1 aliphatic heterocycles. The minimum atomic E-state index is -0.426. The number of hydrogen-bond donors (Lipinski definition) is 1. The second-order valence-corrected chi connectivity index (χ2v) is 7.76. The third-order valence-corrected chi connectivity index (χ3v) is 3.39. The Morgan fingerprint density at radius 2 is 1.63 bits per heavy atom. The Hall–Kier alpha value is -1.06. The van der Waals surface area contributed by atoms with E-state index < -0.39 is 6.04 Å². The van der Waals surface area contributed by atoms with Crippen LogP contribution in [0.3, 0.4) is 0 Å². The number of piperazine rings is 1. The van der Waals surface area contributed by atoms with Crippen molar-refractivity contribution in [3.63, 3.8) is 0 Å². The predicted molar refractivity (Wildman–Crippen MR) is 76.6 cm³/mol. The molecule has 4 nitrogen and oxygen atoms in total. The summed E-state index contributed by atoms with van der Waals surface area (Å²) in [6, 6.07) is -0.754. The first kappa shape index (κ1) is 16.0. The van der Waals surface area contributed by atoms with E-state index in [0.29, 0.717) is 13.0 Å². The molecule has 1 rings (SSSR count). The predicted octanol–water partition coefficient (Wildman–Crippen LogP) is 2.18. The maximum atomic E-state index is 12.7. The summed E-state index contributed by atoms with van der Waals surface area (Å²) in [7, 11) is 0. The van der Waals surface area contributed by atoms with Crippen LogP contribution in [0.25, 0.3) is 0 Å². The first-order valence-corrected chi connectivity index (χ1v) is 7.08. The summed E-state index contributed by atoms with van der Waals surface area (Å²) in [5.41, 5.74) is -0.273. The molecular weight excluding hydrogens is 240 g/mol. The van der Waals surface area contributed by atoms with Gasteiger partial charge in [-0.25, -0.2) is 0 Å². The van der Waals surface area contributed by atoms with Crippen LogP contribution in [0.5, 0.6) is 0 Å². The summed E-state index contributed by atoms with van der Waals surface area (Å²) in [5.74, 6) is 0.0279. The van der Waals surface area contributed by atoms with E-state index in [1.165, 1.54) is 0 Å². The zero-order valence-electron chi connectivity index (χ0n) is 13.3. The van der Waals surface area contributed by atoms with Crippen LogP contribution in [0.15, 0.2) is 0 Å². The van der Waals surface area contributed by atoms with Crippen LogP contribution in [0.2, 0.25) is 0 Å². The second-order valence-electron chi connectivity index (χ2n) is 7.76. The SMILES string of the molecule is CCC1C(=O)NC(C(C)(C)C)C(=O)N1CC(C)(C)C. The van der Waals surface area contributed by atoms with Crippen LogP contribution in [0, 0.1) is 10.8 Å². The van der Waals surface area contributed by atoms with Gasteiger partial charge in [-0.1, -0.05) is 48.5 Å². The highest BCUT2D eigenvalue weighted by molar-refractivity contribution is 5.97. The molecule has 0 radical (unpaired) electrons. The Labute approximate surface area is 116 Å². The third kappa shape index (κ3) is 3.71. The van der Waals surface area contributed by atoms with Crippen LogP contribution in [0.1, 0.15) is 54.9 Å². The molecule has 0 aromatic carbocycles. The van der Waals surface area contributed by atoms with Gasteiger partial charge >= 0.3 is 0 Å². The molecule has 19 heavy (non-hydrogen) atoms. The molecule has 4 heteroatoms. The Kier molecular flexibility index (Phi) is 4.33. The fraction of sp³-hybridized carbons (Fsp3) is 0.867. The highest BCUT2D eigenvalue weighted by Gasteiger charge is 2.45. The Balaban J connectivity index is 3.06. The lowest BCUT2D eigenvalue weighted by Gasteiger charge is -2.45. The molecule has 1 saturated heterocycles. The van der Waals surface area contributed by atoms with Crippen molar-refractivity contribution in [1.82, 2.24) is 10.2 Å². The van der Waals surface area contributed by atoms with Crippen molar-refractivity contribution in [3.05, 3.63) is 0 Å². The summed E-state index contributed by atoms with van der Waals surface area (Å²) in [5, 5.41) is 2.89. The maximum Gasteiger partial charge on any atom is 0.246 e. The molecule has 0 bridgehead atoms. The van der Waals surface area contributed by atoms with Gasteiger partial charge in [0.25, 0.3) is 0 Å². The Bertz CT molecular complexity index is 363. The van der Waals surface area contributed by atoms with Gasteiger partial charge in [0.1, 0.15) is 12.1 Å². The lowest BCUT2D eigenvalue weighted by molar-refractivity contribution is -0.154. The van der Waals surface area contributed by atoms with Crippen molar-refractivity contribution in [3.8, 4) is 0 Å². The van der Waals surface area contributed by atoms with Gasteiger partial charge < -0.3 is 10.2 Å². The van der Waals surface area contributed by atoms with Crippen LogP contribution in [-0.4, -0.2) is 35.3 Å². The molecular formula is C15H28N2O2. The van der Waals surface area contributed by atoms with E-state index in [-0.39, 0.29) is 28.7 Å². The van der Waals surface area contributed by atoms with E-state index in [1.54, 1.807) is 4.90 Å². The van der Waals surface area contributed by atoms with Gasteiger partial charge in [0.05, 0.1) is 0 Å². The van der Waals surface area contributed by atoms with Gasteiger partial charge in [-0.2, -0.15) is 0 Å². The van der Waals surface area contributed by atoms with Crippen LogP contribution >= 0.6 is 0 Å². The van der Waals surface area contributed by atoms with E-state index in [0.717, 1.165) is 0 Å². The fourth-order valence-electron chi connectivity index (χ4n) is 2.45. The molecule has 0 saturated carbocycles. The Morgan fingerprint density at radius 3 is 2.00 bits per heavy atom. The zero-order valence-corrected chi connectivity index (χ0v) is 13.3. The number of carbonyl (C=O) groups is 2. The topological polar surface area (TPSA) is 49.4 Å². The summed E-state index contributed by atoms with van der Waals surface area (Å²) < 4.78 is 0. The smallest absolute Gasteiger partial charge is 0.246 e. The van der Waals surface area contributed by atoms with Gasteiger partial charge in [-0.15, -0.1) is 0 Å². The first-order valence-electron chi connectivity index (χ1n) is 7.08. The first-order chi connectivity index (χ1) is 8.47. The van der Waals surface area contributed by atoms with Gasteiger partial charge in [0.2, 0.25) is 11.8 Å². The molecule has 0 spiro atoms. The molecule has 1 heterocycles. The van der Waals surface area contributed by atoms with Crippen molar-refractivity contribution >= 4 is 11.8 Å². The lowest BCUT2D eigenvalue weighted by Crippen LogP contribution is -2.67. The van der Waals surface area contributed by atoms with Crippen molar-refractivity contribution < 1.29 is 9.59 Å². The number of amides is 2. The van der Waals surface area contributed by atoms with Gasteiger partial charge in [-0.05, 0) is 17.3 Å². The Morgan fingerprint density at radius 1 is 1.11 bits per heavy atom. The maximum absolute atomic E-state index is 12.7. The van der Waals surface area contributed by atoms with Gasteiger partial charge in [0.15, 0.2) is 0 Å². The lowest BCUT2D eigenvalue weighted by atomic mass is 9.82. The molecule has 0 aromatic heterocycles. The van der Waals surface area contributed by atoms with Gasteiger partial charge in [-0.3, -0.25) is 9.59 Å². The minimum absolute atomic E-state index is 0.0108. The quantitative estimate of drug-likeness (QED) is 0.834. The van der Waals surface area contributed by atoms with Gasteiger partial charge in [0, 0.05) is 6.54 Å². The molecule has 1 N–H and O–H groups in total. The second kappa shape index (κ2) is 5.14. The third-order valence-electron chi connectivity index (χ3n) is 3.39. The molecule has 2 atom stereocenters. The van der Waals surface area contributed by atoms with E-state index in [1.807, 2.05) is 27.7 Å². The van der Waals surface area contributed by atoms with E-state index in [9.17, 15) is 9.59 Å². The number of rotatable bonds is 2. The molecule has 110 valence electrons. The zero-order chi connectivity index (χ0) is 15.0. The highest BCUT2D eigenvalue weighted by atomic mass is 16.2. The summed E-state index contributed by atoms with van der Waals surface area (Å²) >= 11 is 0. The van der Waals surface area contributed by atoms with Crippen molar-refractivity contribution in [2.45, 2.75) is 67.0 Å². The summed E-state index contributed by atoms with van der Waals surface area (Å²) in [6.07, 6.45) is 0.657. The average Bonchev–Trinajstić information content (AvgIpc) is 2.20. The fourth-order valence-corrected chi connectivity index (χ4v) is 2.45. The van der Waals surface area contributed by atoms with Crippen molar-refractivity contribution in [2.24, 2.45) is 10.8 Å². The molecule has 2 unspecified atom stereocenters. The van der Waals surface area contributed by atoms with Crippen molar-refractivity contribution in [1.29, 1.82) is 0 Å². The monoisotopic (exact) mass is 268 g/mol. The van der Waals surface area contributed by atoms with Crippen LogP contribution < -0.4 is 5.32 Å². The summed E-state index contributed by atoms with van der Waals surface area (Å²) in [6.45, 7) is 14.8. The molecule has 2 amide bonds. The summed E-state index contributed by atoms with van der Waals surface area (Å²) in [4.78, 5) is 26.7. The van der Waals surface area contributed by atoms with E-state index in [2.05, 4.69) is 26.1 Å². The number of carbonyl (C=O) groups excluding carboxylic acids is 2.